The number of aryl methyl sites for hydroxylation is 1. The maximum absolute atomic E-state index is 12.0. The first kappa shape index (κ1) is 16.0. The summed E-state index contributed by atoms with van der Waals surface area (Å²) < 4.78 is 1.05. The van der Waals surface area contributed by atoms with Gasteiger partial charge in [-0.05, 0) is 48.4 Å². The molecule has 2 aromatic carbocycles. The molecule has 1 N–H and O–H groups in total. The van der Waals surface area contributed by atoms with Crippen LogP contribution >= 0.6 is 34.5 Å². The third-order valence-corrected chi connectivity index (χ3v) is 4.82. The van der Waals surface area contributed by atoms with Gasteiger partial charge < -0.3 is 0 Å². The lowest BCUT2D eigenvalue weighted by Gasteiger charge is -1.98. The highest BCUT2D eigenvalue weighted by atomic mass is 35.5. The number of hydrogen-bond donors (Lipinski definition) is 1. The Labute approximate surface area is 147 Å². The van der Waals surface area contributed by atoms with Crippen LogP contribution in [0, 0.1) is 6.92 Å². The number of carbonyl (C=O) groups excluding carboxylic acids is 1. The number of nitrogens with one attached hydrogen (secondary N) is 1. The summed E-state index contributed by atoms with van der Waals surface area (Å²) in [6, 6.07) is 11.2. The van der Waals surface area contributed by atoms with Crippen molar-refractivity contribution in [2.45, 2.75) is 6.92 Å². The molecule has 116 valence electrons. The topological polar surface area (TPSA) is 42.0 Å². The number of benzene rings is 2. The molecule has 0 saturated carbocycles. The summed E-state index contributed by atoms with van der Waals surface area (Å²) in [5.74, 6) is -0.244. The lowest BCUT2D eigenvalue weighted by Crippen LogP contribution is -2.07. The summed E-state index contributed by atoms with van der Waals surface area (Å²) in [5.41, 5.74) is 2.84. The molecule has 0 fully saturated rings. The molecule has 3 nitrogen and oxygen atoms in total. The Morgan fingerprint density at radius 3 is 2.78 bits per heavy atom. The molecule has 0 bridgehead atoms. The molecule has 6 heteroatoms. The number of anilines is 1. The molecule has 3 aromatic rings. The smallest absolute Gasteiger partial charge is 0.250 e. The molecule has 23 heavy (non-hydrogen) atoms. The maximum Gasteiger partial charge on any atom is 0.250 e. The zero-order valence-electron chi connectivity index (χ0n) is 12.1. The second-order valence-electron chi connectivity index (χ2n) is 4.99. The monoisotopic (exact) mass is 362 g/mol. The second-order valence-corrected chi connectivity index (χ2v) is 6.83. The van der Waals surface area contributed by atoms with Gasteiger partial charge in [0, 0.05) is 6.08 Å². The highest BCUT2D eigenvalue weighted by Crippen LogP contribution is 2.27. The van der Waals surface area contributed by atoms with Crippen molar-refractivity contribution in [3.63, 3.8) is 0 Å². The predicted molar refractivity (Wildman–Crippen MR) is 98.5 cm³/mol. The van der Waals surface area contributed by atoms with Crippen LogP contribution in [0.2, 0.25) is 10.0 Å². The van der Waals surface area contributed by atoms with Crippen LogP contribution < -0.4 is 5.32 Å². The van der Waals surface area contributed by atoms with Crippen molar-refractivity contribution >= 4 is 61.9 Å². The fourth-order valence-corrected chi connectivity index (χ4v) is 3.29. The molecule has 0 radical (unpaired) electrons. The van der Waals surface area contributed by atoms with Crippen LogP contribution in [0.15, 0.2) is 42.5 Å². The minimum atomic E-state index is -0.244. The molecule has 0 spiro atoms. The lowest BCUT2D eigenvalue weighted by atomic mass is 10.2. The summed E-state index contributed by atoms with van der Waals surface area (Å²) in [6.45, 7) is 2.03. The Bertz CT molecular complexity index is 918. The number of amides is 1. The van der Waals surface area contributed by atoms with E-state index in [9.17, 15) is 4.79 Å². The van der Waals surface area contributed by atoms with Gasteiger partial charge in [-0.1, -0.05) is 46.7 Å². The van der Waals surface area contributed by atoms with E-state index in [1.165, 1.54) is 23.0 Å². The summed E-state index contributed by atoms with van der Waals surface area (Å²) in [5, 5.41) is 4.29. The van der Waals surface area contributed by atoms with Crippen molar-refractivity contribution in [1.29, 1.82) is 0 Å². The van der Waals surface area contributed by atoms with Gasteiger partial charge in [0.15, 0.2) is 5.13 Å². The number of thiazole rings is 1. The van der Waals surface area contributed by atoms with E-state index in [0.29, 0.717) is 15.2 Å². The van der Waals surface area contributed by atoms with E-state index in [-0.39, 0.29) is 5.91 Å². The zero-order valence-corrected chi connectivity index (χ0v) is 14.5. The average Bonchev–Trinajstić information content (AvgIpc) is 2.89. The number of carbonyl (C=O) groups is 1. The number of fused-ring (bicyclic) bond motifs is 1. The Morgan fingerprint density at radius 2 is 2.00 bits per heavy atom. The van der Waals surface area contributed by atoms with Gasteiger partial charge in [0.2, 0.25) is 5.91 Å². The van der Waals surface area contributed by atoms with Crippen LogP contribution in [-0.2, 0) is 4.79 Å². The van der Waals surface area contributed by atoms with Gasteiger partial charge in [0.1, 0.15) is 0 Å². The zero-order chi connectivity index (χ0) is 16.4. The Balaban J connectivity index is 1.72. The molecule has 1 heterocycles. The largest absolute Gasteiger partial charge is 0.298 e. The molecule has 0 aliphatic heterocycles. The minimum Gasteiger partial charge on any atom is -0.298 e. The number of nitrogens with zero attached hydrogens (tertiary/aromatic N) is 1. The normalized spacial score (nSPS) is 11.3. The number of hydrogen-bond acceptors (Lipinski definition) is 3. The van der Waals surface area contributed by atoms with Crippen molar-refractivity contribution in [1.82, 2.24) is 4.98 Å². The first-order valence-electron chi connectivity index (χ1n) is 6.82. The van der Waals surface area contributed by atoms with Crippen molar-refractivity contribution in [2.75, 3.05) is 5.32 Å². The summed E-state index contributed by atoms with van der Waals surface area (Å²) in [4.78, 5) is 16.4. The lowest BCUT2D eigenvalue weighted by molar-refractivity contribution is -0.111. The van der Waals surface area contributed by atoms with Gasteiger partial charge in [-0.2, -0.15) is 0 Å². The summed E-state index contributed by atoms with van der Waals surface area (Å²) in [6.07, 6.45) is 3.12. The van der Waals surface area contributed by atoms with Crippen LogP contribution in [0.4, 0.5) is 5.13 Å². The Kier molecular flexibility index (Phi) is 4.66. The molecule has 3 rings (SSSR count). The first-order chi connectivity index (χ1) is 11.0. The first-order valence-corrected chi connectivity index (χ1v) is 8.40. The quantitative estimate of drug-likeness (QED) is 0.619. The minimum absolute atomic E-state index is 0.244. The van der Waals surface area contributed by atoms with Crippen LogP contribution in [-0.4, -0.2) is 10.9 Å². The fourth-order valence-electron chi connectivity index (χ4n) is 2.02. The standard InChI is InChI=1S/C17H12Cl2N2OS/c1-10-2-6-14-15(8-10)23-17(20-14)21-16(22)7-4-11-3-5-12(18)13(19)9-11/h2-9H,1H3,(H,20,21,22)/b7-4-. The van der Waals surface area contributed by atoms with Gasteiger partial charge >= 0.3 is 0 Å². The van der Waals surface area contributed by atoms with Gasteiger partial charge in [-0.3, -0.25) is 10.1 Å². The molecular formula is C17H12Cl2N2OS. The molecule has 0 aliphatic rings. The van der Waals surface area contributed by atoms with Crippen molar-refractivity contribution < 1.29 is 4.79 Å². The highest BCUT2D eigenvalue weighted by molar-refractivity contribution is 7.22. The van der Waals surface area contributed by atoms with Crippen LogP contribution in [0.1, 0.15) is 11.1 Å². The van der Waals surface area contributed by atoms with Crippen LogP contribution in [0.25, 0.3) is 16.3 Å². The van der Waals surface area contributed by atoms with Crippen molar-refractivity contribution in [3.05, 3.63) is 63.6 Å². The van der Waals surface area contributed by atoms with Crippen LogP contribution in [0.5, 0.6) is 0 Å². The Hall–Kier alpha value is -1.88. The van der Waals surface area contributed by atoms with E-state index < -0.39 is 0 Å². The fraction of sp³-hybridized carbons (Fsp3) is 0.0588. The third kappa shape index (κ3) is 3.91. The number of halogens is 2. The SMILES string of the molecule is Cc1ccc2nc(NC(=O)/C=C\c3ccc(Cl)c(Cl)c3)sc2c1. The van der Waals surface area contributed by atoms with E-state index in [2.05, 4.69) is 10.3 Å². The predicted octanol–water partition coefficient (Wildman–Crippen LogP) is 5.56. The van der Waals surface area contributed by atoms with Gasteiger partial charge in [-0.15, -0.1) is 0 Å². The number of rotatable bonds is 3. The highest BCUT2D eigenvalue weighted by Gasteiger charge is 2.06. The van der Waals surface area contributed by atoms with E-state index in [0.717, 1.165) is 15.8 Å². The summed E-state index contributed by atoms with van der Waals surface area (Å²) >= 11 is 13.3. The number of aromatic nitrogens is 1. The van der Waals surface area contributed by atoms with Crippen molar-refractivity contribution in [2.24, 2.45) is 0 Å². The van der Waals surface area contributed by atoms with Gasteiger partial charge in [0.05, 0.1) is 20.3 Å². The molecular weight excluding hydrogens is 351 g/mol. The molecule has 0 saturated heterocycles. The van der Waals surface area contributed by atoms with E-state index >= 15 is 0 Å². The molecule has 0 atom stereocenters. The van der Waals surface area contributed by atoms with Crippen molar-refractivity contribution in [3.8, 4) is 0 Å². The van der Waals surface area contributed by atoms with Gasteiger partial charge in [0.25, 0.3) is 0 Å². The van der Waals surface area contributed by atoms with E-state index in [1.54, 1.807) is 24.3 Å². The third-order valence-electron chi connectivity index (χ3n) is 3.14. The molecule has 0 unspecified atom stereocenters. The average molecular weight is 363 g/mol. The second kappa shape index (κ2) is 6.71. The summed E-state index contributed by atoms with van der Waals surface area (Å²) in [7, 11) is 0. The van der Waals surface area contributed by atoms with Gasteiger partial charge in [-0.25, -0.2) is 4.98 Å². The van der Waals surface area contributed by atoms with E-state index in [4.69, 9.17) is 23.2 Å². The Morgan fingerprint density at radius 1 is 1.17 bits per heavy atom. The maximum atomic E-state index is 12.0. The molecule has 0 aliphatic carbocycles. The van der Waals surface area contributed by atoms with E-state index in [1.807, 2.05) is 25.1 Å². The van der Waals surface area contributed by atoms with Crippen LogP contribution in [0.3, 0.4) is 0 Å². The molecule has 1 aromatic heterocycles. The molecule has 1 amide bonds.